The van der Waals surface area contributed by atoms with Crippen molar-refractivity contribution in [3.05, 3.63) is 28.8 Å². The number of aliphatic imine (C=N–C) groups is 1. The number of aryl methyl sites for hydroxylation is 2. The van der Waals surface area contributed by atoms with Crippen LogP contribution < -0.4 is 11.1 Å². The fourth-order valence-electron chi connectivity index (χ4n) is 1.45. The zero-order chi connectivity index (χ0) is 16.0. The van der Waals surface area contributed by atoms with Gasteiger partial charge in [-0.1, -0.05) is 0 Å². The van der Waals surface area contributed by atoms with Gasteiger partial charge in [-0.15, -0.1) is 0 Å². The van der Waals surface area contributed by atoms with Gasteiger partial charge in [-0.25, -0.2) is 15.0 Å². The van der Waals surface area contributed by atoms with Crippen molar-refractivity contribution in [3.63, 3.8) is 0 Å². The number of hydrogen-bond donors (Lipinski definition) is 3. The Morgan fingerprint density at radius 3 is 2.43 bits per heavy atom. The molecule has 0 spiro atoms. The number of nitrogens with two attached hydrogens (primary N) is 1. The van der Waals surface area contributed by atoms with Crippen molar-refractivity contribution in [1.29, 1.82) is 0 Å². The molecule has 0 aliphatic heterocycles. The molecular formula is C13H17N5O3. The van der Waals surface area contributed by atoms with E-state index in [1.54, 1.807) is 19.9 Å². The lowest BCUT2D eigenvalue weighted by Gasteiger charge is -2.04. The highest BCUT2D eigenvalue weighted by Gasteiger charge is 2.13. The highest BCUT2D eigenvalue weighted by atomic mass is 16.3. The summed E-state index contributed by atoms with van der Waals surface area (Å²) in [5, 5.41) is 11.5. The molecule has 21 heavy (non-hydrogen) atoms. The molecule has 112 valence electrons. The summed E-state index contributed by atoms with van der Waals surface area (Å²) in [6.07, 6.45) is 1.10. The summed E-state index contributed by atoms with van der Waals surface area (Å²) >= 11 is 0. The van der Waals surface area contributed by atoms with Gasteiger partial charge in [0.2, 0.25) is 11.9 Å². The van der Waals surface area contributed by atoms with Gasteiger partial charge in [0, 0.05) is 17.6 Å². The molecule has 0 fully saturated rings. The Bertz CT molecular complexity index is 598. The summed E-state index contributed by atoms with van der Waals surface area (Å²) in [5.74, 6) is -1.58. The molecule has 0 saturated carbocycles. The first kappa shape index (κ1) is 16.4. The standard InChI is InChI=1S/C13H17N5O3/c1-7-4-8(2)17-13(16-7)15-6-10(9(3)19)12(21)18-11(20)5-14/h4,6,19H,5,14H2,1-3H3,(H,18,20,21)/b10-9-,15-6+. The number of allylic oxidation sites excluding steroid dienone is 1. The Kier molecular flexibility index (Phi) is 5.67. The molecule has 0 bridgehead atoms. The number of rotatable bonds is 4. The van der Waals surface area contributed by atoms with Crippen molar-refractivity contribution >= 4 is 24.0 Å². The second-order valence-electron chi connectivity index (χ2n) is 4.29. The van der Waals surface area contributed by atoms with Gasteiger partial charge < -0.3 is 10.8 Å². The first-order valence-corrected chi connectivity index (χ1v) is 6.14. The number of hydrogen-bond acceptors (Lipinski definition) is 7. The second kappa shape index (κ2) is 7.25. The Balaban J connectivity index is 2.99. The third-order valence-electron chi connectivity index (χ3n) is 2.35. The van der Waals surface area contributed by atoms with Crippen LogP contribution in [0.25, 0.3) is 0 Å². The largest absolute Gasteiger partial charge is 0.512 e. The zero-order valence-corrected chi connectivity index (χ0v) is 12.0. The SMILES string of the molecule is C/C(O)=C(\C=N\c1nc(C)cc(C)n1)C(=O)NC(=O)CN. The summed E-state index contributed by atoms with van der Waals surface area (Å²) in [5.41, 5.74) is 6.38. The van der Waals surface area contributed by atoms with Crippen LogP contribution in [0.5, 0.6) is 0 Å². The number of carbonyl (C=O) groups is 2. The fourth-order valence-corrected chi connectivity index (χ4v) is 1.45. The summed E-state index contributed by atoms with van der Waals surface area (Å²) in [4.78, 5) is 34.9. The van der Waals surface area contributed by atoms with E-state index in [-0.39, 0.29) is 23.8 Å². The summed E-state index contributed by atoms with van der Waals surface area (Å²) in [6, 6.07) is 1.78. The van der Waals surface area contributed by atoms with Crippen LogP contribution in [0.3, 0.4) is 0 Å². The Morgan fingerprint density at radius 2 is 1.95 bits per heavy atom. The van der Waals surface area contributed by atoms with Crippen LogP contribution >= 0.6 is 0 Å². The predicted molar refractivity (Wildman–Crippen MR) is 77.2 cm³/mol. The van der Waals surface area contributed by atoms with Gasteiger partial charge in [0.15, 0.2) is 0 Å². The first-order chi connectivity index (χ1) is 9.83. The van der Waals surface area contributed by atoms with Crippen molar-refractivity contribution in [2.24, 2.45) is 10.7 Å². The lowest BCUT2D eigenvalue weighted by Crippen LogP contribution is -2.36. The maximum Gasteiger partial charge on any atom is 0.262 e. The van der Waals surface area contributed by atoms with Gasteiger partial charge in [0.25, 0.3) is 5.91 Å². The number of aliphatic hydroxyl groups excluding tert-OH is 1. The van der Waals surface area contributed by atoms with Gasteiger partial charge in [0.1, 0.15) is 5.76 Å². The third kappa shape index (κ3) is 5.11. The molecule has 8 heteroatoms. The predicted octanol–water partition coefficient (Wildman–Crippen LogP) is 0.229. The molecule has 1 rings (SSSR count). The quantitative estimate of drug-likeness (QED) is 0.413. The summed E-state index contributed by atoms with van der Waals surface area (Å²) in [6.45, 7) is 4.54. The smallest absolute Gasteiger partial charge is 0.262 e. The van der Waals surface area contributed by atoms with Crippen molar-refractivity contribution in [2.75, 3.05) is 6.54 Å². The normalized spacial score (nSPS) is 12.2. The zero-order valence-electron chi connectivity index (χ0n) is 12.0. The van der Waals surface area contributed by atoms with E-state index in [1.807, 2.05) is 5.32 Å². The highest BCUT2D eigenvalue weighted by Crippen LogP contribution is 2.08. The van der Waals surface area contributed by atoms with Gasteiger partial charge in [-0.2, -0.15) is 0 Å². The van der Waals surface area contributed by atoms with Gasteiger partial charge >= 0.3 is 0 Å². The van der Waals surface area contributed by atoms with Crippen LogP contribution in [0.2, 0.25) is 0 Å². The molecule has 0 aromatic carbocycles. The number of imide groups is 1. The monoisotopic (exact) mass is 291 g/mol. The number of amides is 2. The molecule has 0 atom stereocenters. The third-order valence-corrected chi connectivity index (χ3v) is 2.35. The second-order valence-corrected chi connectivity index (χ2v) is 4.29. The molecule has 2 amide bonds. The summed E-state index contributed by atoms with van der Waals surface area (Å²) in [7, 11) is 0. The molecule has 0 aliphatic rings. The average Bonchev–Trinajstić information content (AvgIpc) is 2.37. The number of nitrogens with one attached hydrogen (secondary N) is 1. The molecule has 0 aliphatic carbocycles. The van der Waals surface area contributed by atoms with E-state index in [0.29, 0.717) is 0 Å². The molecule has 0 unspecified atom stereocenters. The van der Waals surface area contributed by atoms with E-state index in [4.69, 9.17) is 5.73 Å². The van der Waals surface area contributed by atoms with Crippen LogP contribution in [0.15, 0.2) is 22.4 Å². The number of carbonyl (C=O) groups excluding carboxylic acids is 2. The Hall–Kier alpha value is -2.61. The minimum atomic E-state index is -0.793. The highest BCUT2D eigenvalue weighted by molar-refractivity contribution is 6.17. The van der Waals surface area contributed by atoms with Crippen LogP contribution in [0.1, 0.15) is 18.3 Å². The Labute approximate surface area is 121 Å². The van der Waals surface area contributed by atoms with Crippen LogP contribution in [0.4, 0.5) is 5.95 Å². The minimum absolute atomic E-state index is 0.157. The molecule has 0 radical (unpaired) electrons. The van der Waals surface area contributed by atoms with Crippen LogP contribution in [-0.2, 0) is 9.59 Å². The molecule has 1 aromatic heterocycles. The van der Waals surface area contributed by atoms with Crippen molar-refractivity contribution in [2.45, 2.75) is 20.8 Å². The van der Waals surface area contributed by atoms with Crippen LogP contribution in [0, 0.1) is 13.8 Å². The average molecular weight is 291 g/mol. The number of nitrogens with zero attached hydrogens (tertiary/aromatic N) is 3. The van der Waals surface area contributed by atoms with Crippen molar-refractivity contribution < 1.29 is 14.7 Å². The molecule has 1 heterocycles. The lowest BCUT2D eigenvalue weighted by molar-refractivity contribution is -0.127. The van der Waals surface area contributed by atoms with E-state index in [1.165, 1.54) is 6.92 Å². The van der Waals surface area contributed by atoms with E-state index in [2.05, 4.69) is 15.0 Å². The maximum absolute atomic E-state index is 11.8. The Morgan fingerprint density at radius 1 is 1.38 bits per heavy atom. The van der Waals surface area contributed by atoms with E-state index >= 15 is 0 Å². The lowest BCUT2D eigenvalue weighted by atomic mass is 10.2. The molecular weight excluding hydrogens is 274 g/mol. The van der Waals surface area contributed by atoms with E-state index in [9.17, 15) is 14.7 Å². The van der Waals surface area contributed by atoms with E-state index in [0.717, 1.165) is 17.6 Å². The topological polar surface area (TPSA) is 131 Å². The number of aliphatic hydroxyl groups is 1. The van der Waals surface area contributed by atoms with Crippen LogP contribution in [-0.4, -0.2) is 39.6 Å². The van der Waals surface area contributed by atoms with Crippen molar-refractivity contribution in [1.82, 2.24) is 15.3 Å². The maximum atomic E-state index is 11.8. The van der Waals surface area contributed by atoms with Gasteiger partial charge in [-0.05, 0) is 26.8 Å². The molecule has 8 nitrogen and oxygen atoms in total. The fraction of sp³-hybridized carbons (Fsp3) is 0.308. The number of aromatic nitrogens is 2. The summed E-state index contributed by atoms with van der Waals surface area (Å²) < 4.78 is 0. The van der Waals surface area contributed by atoms with Crippen molar-refractivity contribution in [3.8, 4) is 0 Å². The first-order valence-electron chi connectivity index (χ1n) is 6.14. The minimum Gasteiger partial charge on any atom is -0.512 e. The molecule has 0 saturated heterocycles. The van der Waals surface area contributed by atoms with Gasteiger partial charge in [0.05, 0.1) is 12.1 Å². The molecule has 1 aromatic rings. The molecule has 4 N–H and O–H groups in total. The van der Waals surface area contributed by atoms with Gasteiger partial charge in [-0.3, -0.25) is 14.9 Å². The van der Waals surface area contributed by atoms with E-state index < -0.39 is 11.8 Å².